The van der Waals surface area contributed by atoms with E-state index in [4.69, 9.17) is 23.8 Å². The summed E-state index contributed by atoms with van der Waals surface area (Å²) in [6, 6.07) is 3.19. The molecule has 0 amide bonds. The summed E-state index contributed by atoms with van der Waals surface area (Å²) in [5, 5.41) is 3.41. The fourth-order valence-corrected chi connectivity index (χ4v) is 3.18. The predicted molar refractivity (Wildman–Crippen MR) is 81.6 cm³/mol. The van der Waals surface area contributed by atoms with E-state index >= 15 is 0 Å². The van der Waals surface area contributed by atoms with Crippen LogP contribution in [0.3, 0.4) is 0 Å². The third-order valence-corrected chi connectivity index (χ3v) is 4.45. The monoisotopic (exact) mass is 340 g/mol. The van der Waals surface area contributed by atoms with Crippen molar-refractivity contribution in [3.63, 3.8) is 0 Å². The summed E-state index contributed by atoms with van der Waals surface area (Å²) in [5.41, 5.74) is -0.378. The van der Waals surface area contributed by atoms with Gasteiger partial charge in [-0.15, -0.1) is 0 Å². The molecule has 0 radical (unpaired) electrons. The van der Waals surface area contributed by atoms with E-state index in [1.165, 1.54) is 6.07 Å². The van der Waals surface area contributed by atoms with Gasteiger partial charge in [-0.2, -0.15) is 24.9 Å². The molecule has 0 spiro atoms. The molecule has 1 N–H and O–H groups in total. The van der Waals surface area contributed by atoms with Crippen molar-refractivity contribution in [3.8, 4) is 0 Å². The van der Waals surface area contributed by atoms with Gasteiger partial charge in [0.2, 0.25) is 0 Å². The highest BCUT2D eigenvalue weighted by molar-refractivity contribution is 7.99. The average molecular weight is 341 g/mol. The molecule has 1 fully saturated rings. The quantitative estimate of drug-likeness (QED) is 0.774. The maximum atomic E-state index is 12.5. The molecule has 2 rings (SSSR count). The standard InChI is InChI=1S/C12H12ClF3N2S2/c13-9-7-8(12(14,15)16)1-2-10(9)17-11(19)18-3-5-20-6-4-18/h1-2,7H,3-6H2,(H,17,19). The minimum absolute atomic E-state index is 0.00793. The van der Waals surface area contributed by atoms with Gasteiger partial charge in [-0.3, -0.25) is 0 Å². The van der Waals surface area contributed by atoms with Crippen LogP contribution in [0.1, 0.15) is 5.56 Å². The Bertz CT molecular complexity index is 502. The second-order valence-corrected chi connectivity index (χ2v) is 6.24. The van der Waals surface area contributed by atoms with Crippen LogP contribution in [0.25, 0.3) is 0 Å². The molecule has 8 heteroatoms. The van der Waals surface area contributed by atoms with E-state index in [9.17, 15) is 13.2 Å². The Labute approximate surface area is 129 Å². The van der Waals surface area contributed by atoms with Crippen LogP contribution in [-0.4, -0.2) is 34.6 Å². The lowest BCUT2D eigenvalue weighted by molar-refractivity contribution is -0.137. The molecule has 1 aromatic carbocycles. The topological polar surface area (TPSA) is 15.3 Å². The first-order valence-electron chi connectivity index (χ1n) is 5.88. The Balaban J connectivity index is 2.08. The number of anilines is 1. The molecule has 1 aliphatic rings. The number of thiocarbonyl (C=S) groups is 1. The van der Waals surface area contributed by atoms with Crippen LogP contribution in [0, 0.1) is 0 Å². The van der Waals surface area contributed by atoms with E-state index in [0.29, 0.717) is 10.8 Å². The van der Waals surface area contributed by atoms with Crippen LogP contribution in [0.15, 0.2) is 18.2 Å². The summed E-state index contributed by atoms with van der Waals surface area (Å²) in [7, 11) is 0. The molecule has 0 bridgehead atoms. The van der Waals surface area contributed by atoms with Gasteiger partial charge in [-0.05, 0) is 30.4 Å². The molecule has 1 heterocycles. The van der Waals surface area contributed by atoms with Gasteiger partial charge in [-0.25, -0.2) is 0 Å². The zero-order chi connectivity index (χ0) is 14.8. The van der Waals surface area contributed by atoms with Crippen molar-refractivity contribution < 1.29 is 13.2 Å². The van der Waals surface area contributed by atoms with E-state index in [1.807, 2.05) is 16.7 Å². The Kier molecular flexibility index (Phi) is 5.04. The maximum absolute atomic E-state index is 12.5. The van der Waals surface area contributed by atoms with Gasteiger partial charge in [0.05, 0.1) is 16.3 Å². The van der Waals surface area contributed by atoms with Gasteiger partial charge >= 0.3 is 6.18 Å². The molecule has 110 valence electrons. The zero-order valence-electron chi connectivity index (χ0n) is 10.3. The van der Waals surface area contributed by atoms with Gasteiger partial charge in [0.15, 0.2) is 5.11 Å². The Morgan fingerprint density at radius 1 is 1.30 bits per heavy atom. The smallest absolute Gasteiger partial charge is 0.347 e. The predicted octanol–water partition coefficient (Wildman–Crippen LogP) is 4.10. The van der Waals surface area contributed by atoms with Crippen LogP contribution >= 0.6 is 35.6 Å². The first-order chi connectivity index (χ1) is 9.38. The summed E-state index contributed by atoms with van der Waals surface area (Å²) in [4.78, 5) is 1.99. The average Bonchev–Trinajstić information content (AvgIpc) is 2.41. The maximum Gasteiger partial charge on any atom is 0.416 e. The van der Waals surface area contributed by atoms with Crippen molar-refractivity contribution in [3.05, 3.63) is 28.8 Å². The highest BCUT2D eigenvalue weighted by Gasteiger charge is 2.31. The second-order valence-electron chi connectivity index (χ2n) is 4.22. The minimum Gasteiger partial charge on any atom is -0.347 e. The molecule has 0 unspecified atom stereocenters. The lowest BCUT2D eigenvalue weighted by atomic mass is 10.2. The Hall–Kier alpha value is -0.660. The van der Waals surface area contributed by atoms with E-state index in [1.54, 1.807) is 0 Å². The largest absolute Gasteiger partial charge is 0.416 e. The second kappa shape index (κ2) is 6.41. The van der Waals surface area contributed by atoms with Crippen molar-refractivity contribution in [1.82, 2.24) is 4.90 Å². The molecular weight excluding hydrogens is 329 g/mol. The number of alkyl halides is 3. The van der Waals surface area contributed by atoms with E-state index in [2.05, 4.69) is 5.32 Å². The van der Waals surface area contributed by atoms with Crippen molar-refractivity contribution in [2.24, 2.45) is 0 Å². The summed E-state index contributed by atoms with van der Waals surface area (Å²) in [6.07, 6.45) is -4.40. The highest BCUT2D eigenvalue weighted by Crippen LogP contribution is 2.33. The van der Waals surface area contributed by atoms with Gasteiger partial charge < -0.3 is 10.2 Å². The Morgan fingerprint density at radius 3 is 2.50 bits per heavy atom. The minimum atomic E-state index is -4.40. The molecule has 0 saturated carbocycles. The van der Waals surface area contributed by atoms with Crippen LogP contribution in [0.5, 0.6) is 0 Å². The van der Waals surface area contributed by atoms with Crippen LogP contribution in [-0.2, 0) is 6.18 Å². The first-order valence-corrected chi connectivity index (χ1v) is 7.82. The van der Waals surface area contributed by atoms with Gasteiger partial charge in [-0.1, -0.05) is 11.6 Å². The van der Waals surface area contributed by atoms with Crippen molar-refractivity contribution in [2.45, 2.75) is 6.18 Å². The third-order valence-electron chi connectivity index (χ3n) is 2.84. The number of halogens is 4. The van der Waals surface area contributed by atoms with Gasteiger partial charge in [0, 0.05) is 24.6 Å². The lowest BCUT2D eigenvalue weighted by Gasteiger charge is -2.29. The molecule has 20 heavy (non-hydrogen) atoms. The summed E-state index contributed by atoms with van der Waals surface area (Å²) in [5.74, 6) is 1.98. The van der Waals surface area contributed by atoms with E-state index < -0.39 is 11.7 Å². The van der Waals surface area contributed by atoms with E-state index in [0.717, 1.165) is 36.7 Å². The molecule has 0 aliphatic carbocycles. The molecule has 1 saturated heterocycles. The van der Waals surface area contributed by atoms with Crippen molar-refractivity contribution in [2.75, 3.05) is 29.9 Å². The SMILES string of the molecule is FC(F)(F)c1ccc(NC(=S)N2CCSCC2)c(Cl)c1. The van der Waals surface area contributed by atoms with Gasteiger partial charge in [0.25, 0.3) is 0 Å². The highest BCUT2D eigenvalue weighted by atomic mass is 35.5. The molecule has 0 atom stereocenters. The third kappa shape index (κ3) is 3.93. The van der Waals surface area contributed by atoms with Crippen LogP contribution < -0.4 is 5.32 Å². The van der Waals surface area contributed by atoms with Crippen molar-refractivity contribution >= 4 is 46.4 Å². The summed E-state index contributed by atoms with van der Waals surface area (Å²) < 4.78 is 37.6. The fraction of sp³-hybridized carbons (Fsp3) is 0.417. The number of thioether (sulfide) groups is 1. The van der Waals surface area contributed by atoms with Crippen LogP contribution in [0.4, 0.5) is 18.9 Å². The number of nitrogens with zero attached hydrogens (tertiary/aromatic N) is 1. The number of hydrogen-bond donors (Lipinski definition) is 1. The molecule has 1 aromatic rings. The number of benzene rings is 1. The van der Waals surface area contributed by atoms with E-state index in [-0.39, 0.29) is 5.02 Å². The van der Waals surface area contributed by atoms with Gasteiger partial charge in [0.1, 0.15) is 0 Å². The number of nitrogens with one attached hydrogen (secondary N) is 1. The zero-order valence-corrected chi connectivity index (χ0v) is 12.7. The number of rotatable bonds is 1. The number of hydrogen-bond acceptors (Lipinski definition) is 2. The normalized spacial score (nSPS) is 16.1. The fourth-order valence-electron chi connectivity index (χ4n) is 1.75. The summed E-state index contributed by atoms with van der Waals surface area (Å²) >= 11 is 13.0. The molecule has 0 aromatic heterocycles. The molecule has 1 aliphatic heterocycles. The summed E-state index contributed by atoms with van der Waals surface area (Å²) in [6.45, 7) is 1.66. The molecule has 2 nitrogen and oxygen atoms in total. The first kappa shape index (κ1) is 15.7. The Morgan fingerprint density at radius 2 is 1.95 bits per heavy atom. The van der Waals surface area contributed by atoms with Crippen LogP contribution in [0.2, 0.25) is 5.02 Å². The van der Waals surface area contributed by atoms with Crippen molar-refractivity contribution in [1.29, 1.82) is 0 Å². The lowest BCUT2D eigenvalue weighted by Crippen LogP contribution is -2.40. The molecular formula is C12H12ClF3N2S2.